The van der Waals surface area contributed by atoms with Crippen molar-refractivity contribution < 1.29 is 14.7 Å². The highest BCUT2D eigenvalue weighted by atomic mass is 16.4. The molecule has 92 valence electrons. The first kappa shape index (κ1) is 13.0. The lowest BCUT2D eigenvalue weighted by Crippen LogP contribution is -2.50. The molecule has 4 nitrogen and oxygen atoms in total. The molecule has 1 saturated carbocycles. The van der Waals surface area contributed by atoms with Gasteiger partial charge in [0.2, 0.25) is 5.91 Å². The molecule has 2 N–H and O–H groups in total. The molecule has 1 rings (SSSR count). The van der Waals surface area contributed by atoms with Gasteiger partial charge in [-0.2, -0.15) is 0 Å². The number of amides is 1. The van der Waals surface area contributed by atoms with E-state index in [0.29, 0.717) is 6.42 Å². The summed E-state index contributed by atoms with van der Waals surface area (Å²) >= 11 is 0. The minimum atomic E-state index is -0.705. The van der Waals surface area contributed by atoms with Crippen molar-refractivity contribution in [1.29, 1.82) is 0 Å². The lowest BCUT2D eigenvalue weighted by molar-refractivity contribution is -0.143. The van der Waals surface area contributed by atoms with Crippen LogP contribution in [0.5, 0.6) is 0 Å². The van der Waals surface area contributed by atoms with Gasteiger partial charge in [-0.15, -0.1) is 0 Å². The van der Waals surface area contributed by atoms with E-state index in [9.17, 15) is 9.59 Å². The van der Waals surface area contributed by atoms with Crippen LogP contribution in [-0.2, 0) is 9.59 Å². The van der Waals surface area contributed by atoms with Crippen molar-refractivity contribution in [2.75, 3.05) is 0 Å². The van der Waals surface area contributed by atoms with E-state index in [1.54, 1.807) is 0 Å². The number of carboxylic acid groups (broad SMARTS) is 1. The zero-order valence-corrected chi connectivity index (χ0v) is 10.2. The summed E-state index contributed by atoms with van der Waals surface area (Å²) < 4.78 is 0. The van der Waals surface area contributed by atoms with Gasteiger partial charge in [0, 0.05) is 12.5 Å². The van der Waals surface area contributed by atoms with Crippen LogP contribution in [0, 0.1) is 11.8 Å². The van der Waals surface area contributed by atoms with Gasteiger partial charge in [-0.05, 0) is 39.0 Å². The predicted molar refractivity (Wildman–Crippen MR) is 61.0 cm³/mol. The SMILES string of the molecule is CC(=O)NC(C)(C)[C@H]1CCC[C@@H](C(=O)O)C1. The Bertz CT molecular complexity index is 286. The van der Waals surface area contributed by atoms with E-state index in [0.717, 1.165) is 19.3 Å². The Morgan fingerprint density at radius 3 is 2.44 bits per heavy atom. The Morgan fingerprint density at radius 2 is 1.94 bits per heavy atom. The van der Waals surface area contributed by atoms with E-state index in [2.05, 4.69) is 5.32 Å². The van der Waals surface area contributed by atoms with Gasteiger partial charge in [0.15, 0.2) is 0 Å². The summed E-state index contributed by atoms with van der Waals surface area (Å²) in [6.07, 6.45) is 3.37. The number of hydrogen-bond acceptors (Lipinski definition) is 2. The smallest absolute Gasteiger partial charge is 0.306 e. The zero-order chi connectivity index (χ0) is 12.3. The van der Waals surface area contributed by atoms with Gasteiger partial charge in [0.05, 0.1) is 5.92 Å². The molecule has 0 spiro atoms. The van der Waals surface area contributed by atoms with Crippen LogP contribution in [0.25, 0.3) is 0 Å². The molecule has 1 fully saturated rings. The molecule has 0 aliphatic heterocycles. The predicted octanol–water partition coefficient (Wildman–Crippen LogP) is 1.79. The summed E-state index contributed by atoms with van der Waals surface area (Å²) in [5.74, 6) is -0.746. The van der Waals surface area contributed by atoms with Gasteiger partial charge >= 0.3 is 5.97 Å². The van der Waals surface area contributed by atoms with E-state index in [1.807, 2.05) is 13.8 Å². The molecule has 0 radical (unpaired) electrons. The molecular weight excluding hydrogens is 206 g/mol. The molecule has 0 unspecified atom stereocenters. The third-order valence-corrected chi connectivity index (χ3v) is 3.54. The quantitative estimate of drug-likeness (QED) is 0.772. The third-order valence-electron chi connectivity index (χ3n) is 3.54. The molecule has 0 aromatic rings. The van der Waals surface area contributed by atoms with E-state index in [4.69, 9.17) is 5.11 Å². The first-order chi connectivity index (χ1) is 7.33. The first-order valence-electron chi connectivity index (χ1n) is 5.84. The number of rotatable bonds is 3. The van der Waals surface area contributed by atoms with Crippen molar-refractivity contribution in [3.8, 4) is 0 Å². The number of carboxylic acids is 1. The van der Waals surface area contributed by atoms with Gasteiger partial charge in [0.25, 0.3) is 0 Å². The molecule has 0 aromatic heterocycles. The van der Waals surface area contributed by atoms with E-state index in [1.165, 1.54) is 6.92 Å². The van der Waals surface area contributed by atoms with Gasteiger partial charge in [-0.3, -0.25) is 9.59 Å². The van der Waals surface area contributed by atoms with Gasteiger partial charge < -0.3 is 10.4 Å². The molecule has 0 saturated heterocycles. The van der Waals surface area contributed by atoms with Crippen LogP contribution in [0.15, 0.2) is 0 Å². The Hall–Kier alpha value is -1.06. The average Bonchev–Trinajstić information content (AvgIpc) is 2.16. The average molecular weight is 227 g/mol. The number of aliphatic carboxylic acids is 1. The van der Waals surface area contributed by atoms with Crippen molar-refractivity contribution in [2.24, 2.45) is 11.8 Å². The maximum Gasteiger partial charge on any atom is 0.306 e. The minimum absolute atomic E-state index is 0.0533. The normalized spacial score (nSPS) is 26.2. The monoisotopic (exact) mass is 227 g/mol. The van der Waals surface area contributed by atoms with Crippen LogP contribution in [0.4, 0.5) is 0 Å². The molecule has 1 amide bonds. The second kappa shape index (κ2) is 4.85. The summed E-state index contributed by atoms with van der Waals surface area (Å²) in [6.45, 7) is 5.45. The standard InChI is InChI=1S/C12H21NO3/c1-8(14)13-12(2,3)10-6-4-5-9(7-10)11(15)16/h9-10H,4-7H2,1-3H3,(H,13,14)(H,15,16)/t9-,10+/m1/s1. The van der Waals surface area contributed by atoms with Crippen molar-refractivity contribution in [3.63, 3.8) is 0 Å². The molecule has 1 aliphatic rings. The Labute approximate surface area is 96.4 Å². The summed E-state index contributed by atoms with van der Waals surface area (Å²) in [5, 5.41) is 11.9. The van der Waals surface area contributed by atoms with Crippen LogP contribution in [0.1, 0.15) is 46.5 Å². The summed E-state index contributed by atoms with van der Waals surface area (Å²) in [5.41, 5.74) is -0.306. The van der Waals surface area contributed by atoms with Gasteiger partial charge in [0.1, 0.15) is 0 Å². The first-order valence-corrected chi connectivity index (χ1v) is 5.84. The Morgan fingerprint density at radius 1 is 1.31 bits per heavy atom. The molecule has 16 heavy (non-hydrogen) atoms. The Balaban J connectivity index is 2.65. The molecular formula is C12H21NO3. The minimum Gasteiger partial charge on any atom is -0.481 e. The van der Waals surface area contributed by atoms with Crippen LogP contribution in [0.2, 0.25) is 0 Å². The fraction of sp³-hybridized carbons (Fsp3) is 0.833. The second-order valence-corrected chi connectivity index (χ2v) is 5.30. The highest BCUT2D eigenvalue weighted by molar-refractivity contribution is 5.74. The number of hydrogen-bond donors (Lipinski definition) is 2. The lowest BCUT2D eigenvalue weighted by atomic mass is 9.72. The summed E-state index contributed by atoms with van der Waals surface area (Å²) in [4.78, 5) is 22.1. The van der Waals surface area contributed by atoms with E-state index >= 15 is 0 Å². The third kappa shape index (κ3) is 3.22. The lowest BCUT2D eigenvalue weighted by Gasteiger charge is -2.39. The zero-order valence-electron chi connectivity index (χ0n) is 10.2. The van der Waals surface area contributed by atoms with Crippen LogP contribution >= 0.6 is 0 Å². The molecule has 1 aliphatic carbocycles. The van der Waals surface area contributed by atoms with Crippen molar-refractivity contribution in [1.82, 2.24) is 5.32 Å². The number of nitrogens with one attached hydrogen (secondary N) is 1. The molecule has 0 heterocycles. The van der Waals surface area contributed by atoms with Crippen LogP contribution in [-0.4, -0.2) is 22.5 Å². The molecule has 4 heteroatoms. The fourth-order valence-corrected chi connectivity index (χ4v) is 2.63. The maximum absolute atomic E-state index is 11.1. The van der Waals surface area contributed by atoms with Crippen molar-refractivity contribution in [3.05, 3.63) is 0 Å². The van der Waals surface area contributed by atoms with E-state index in [-0.39, 0.29) is 23.3 Å². The summed E-state index contributed by atoms with van der Waals surface area (Å²) in [6, 6.07) is 0. The summed E-state index contributed by atoms with van der Waals surface area (Å²) in [7, 11) is 0. The largest absolute Gasteiger partial charge is 0.481 e. The molecule has 0 bridgehead atoms. The number of carbonyl (C=O) groups is 2. The van der Waals surface area contributed by atoms with Crippen LogP contribution in [0.3, 0.4) is 0 Å². The molecule has 0 aromatic carbocycles. The topological polar surface area (TPSA) is 66.4 Å². The highest BCUT2D eigenvalue weighted by Crippen LogP contribution is 2.35. The van der Waals surface area contributed by atoms with Crippen molar-refractivity contribution in [2.45, 2.75) is 52.0 Å². The Kier molecular flexibility index (Phi) is 3.94. The second-order valence-electron chi connectivity index (χ2n) is 5.30. The van der Waals surface area contributed by atoms with Gasteiger partial charge in [-0.25, -0.2) is 0 Å². The van der Waals surface area contributed by atoms with Crippen LogP contribution < -0.4 is 5.32 Å². The van der Waals surface area contributed by atoms with Crippen molar-refractivity contribution >= 4 is 11.9 Å². The highest BCUT2D eigenvalue weighted by Gasteiger charge is 2.36. The number of carbonyl (C=O) groups excluding carboxylic acids is 1. The fourth-order valence-electron chi connectivity index (χ4n) is 2.63. The molecule has 2 atom stereocenters. The maximum atomic E-state index is 11.1. The van der Waals surface area contributed by atoms with E-state index < -0.39 is 5.97 Å². The van der Waals surface area contributed by atoms with Gasteiger partial charge in [-0.1, -0.05) is 6.42 Å².